The highest BCUT2D eigenvalue weighted by Gasteiger charge is 2.24. The Morgan fingerprint density at radius 1 is 1.37 bits per heavy atom. The molecule has 2 heterocycles. The molecular formula is C13H14N4O2. The van der Waals surface area contributed by atoms with Crippen LogP contribution < -0.4 is 10.6 Å². The second kappa shape index (κ2) is 4.74. The van der Waals surface area contributed by atoms with Crippen LogP contribution in [0.2, 0.25) is 0 Å². The Kier molecular flexibility index (Phi) is 2.92. The lowest BCUT2D eigenvalue weighted by molar-refractivity contribution is 0.0932. The van der Waals surface area contributed by atoms with Crippen molar-refractivity contribution in [2.45, 2.75) is 12.8 Å². The van der Waals surface area contributed by atoms with E-state index in [1.807, 2.05) is 34.9 Å². The van der Waals surface area contributed by atoms with Crippen LogP contribution in [0.5, 0.6) is 0 Å². The number of nitrogens with zero attached hydrogens (tertiary/aromatic N) is 2. The highest BCUT2D eigenvalue weighted by molar-refractivity contribution is 5.97. The molecule has 0 fully saturated rings. The lowest BCUT2D eigenvalue weighted by Crippen LogP contribution is -2.32. The highest BCUT2D eigenvalue weighted by atomic mass is 16.3. The summed E-state index contributed by atoms with van der Waals surface area (Å²) in [6.45, 7) is 0.761. The van der Waals surface area contributed by atoms with E-state index in [2.05, 4.69) is 15.6 Å². The number of imidazole rings is 1. The zero-order chi connectivity index (χ0) is 13.2. The average Bonchev–Trinajstić information content (AvgIpc) is 2.73. The van der Waals surface area contributed by atoms with Gasteiger partial charge in [0.15, 0.2) is 5.69 Å². The van der Waals surface area contributed by atoms with E-state index in [1.54, 1.807) is 6.33 Å². The lowest BCUT2D eigenvalue weighted by Gasteiger charge is -2.13. The standard InChI is InChI=1S/C13H14N4O2/c18-10-6-14-13(19)11-12(16-10)17(8-15-11)7-9-4-2-1-3-5-9/h1-5,8,10,16,18H,6-7H2,(H,14,19). The van der Waals surface area contributed by atoms with Gasteiger partial charge in [0.1, 0.15) is 12.0 Å². The Balaban J connectivity index is 1.94. The summed E-state index contributed by atoms with van der Waals surface area (Å²) in [6, 6.07) is 9.87. The van der Waals surface area contributed by atoms with Gasteiger partial charge in [0.25, 0.3) is 5.91 Å². The molecule has 19 heavy (non-hydrogen) atoms. The summed E-state index contributed by atoms with van der Waals surface area (Å²) < 4.78 is 1.82. The molecule has 6 heteroatoms. The van der Waals surface area contributed by atoms with Gasteiger partial charge >= 0.3 is 0 Å². The number of aromatic nitrogens is 2. The zero-order valence-corrected chi connectivity index (χ0v) is 10.2. The number of fused-ring (bicyclic) bond motifs is 1. The van der Waals surface area contributed by atoms with E-state index in [9.17, 15) is 9.90 Å². The number of carbonyl (C=O) groups excluding carboxylic acids is 1. The lowest BCUT2D eigenvalue weighted by atomic mass is 10.2. The van der Waals surface area contributed by atoms with Crippen molar-refractivity contribution in [3.8, 4) is 0 Å². The number of carbonyl (C=O) groups is 1. The van der Waals surface area contributed by atoms with E-state index in [1.165, 1.54) is 0 Å². The Morgan fingerprint density at radius 2 is 2.16 bits per heavy atom. The van der Waals surface area contributed by atoms with Gasteiger partial charge < -0.3 is 20.3 Å². The third kappa shape index (κ3) is 2.30. The maximum atomic E-state index is 11.8. The van der Waals surface area contributed by atoms with Gasteiger partial charge in [-0.3, -0.25) is 4.79 Å². The minimum absolute atomic E-state index is 0.167. The molecule has 0 saturated carbocycles. The van der Waals surface area contributed by atoms with Crippen LogP contribution in [0, 0.1) is 0 Å². The largest absolute Gasteiger partial charge is 0.372 e. The minimum atomic E-state index is -0.809. The molecule has 1 unspecified atom stereocenters. The number of anilines is 1. The highest BCUT2D eigenvalue weighted by Crippen LogP contribution is 2.19. The van der Waals surface area contributed by atoms with Crippen LogP contribution in [-0.4, -0.2) is 33.3 Å². The van der Waals surface area contributed by atoms with E-state index >= 15 is 0 Å². The van der Waals surface area contributed by atoms with Crippen molar-refractivity contribution in [2.75, 3.05) is 11.9 Å². The van der Waals surface area contributed by atoms with Gasteiger partial charge in [0, 0.05) is 0 Å². The normalized spacial score (nSPS) is 18.2. The SMILES string of the molecule is O=C1NCC(O)Nc2c1ncn2Cc1ccccc1. The Bertz CT molecular complexity index is 594. The third-order valence-electron chi connectivity index (χ3n) is 3.01. The van der Waals surface area contributed by atoms with Crippen LogP contribution in [0.25, 0.3) is 0 Å². The fourth-order valence-electron chi connectivity index (χ4n) is 2.08. The molecule has 0 bridgehead atoms. The number of hydrogen-bond acceptors (Lipinski definition) is 4. The quantitative estimate of drug-likeness (QED) is 0.728. The molecule has 1 aromatic carbocycles. The predicted molar refractivity (Wildman–Crippen MR) is 69.7 cm³/mol. The number of rotatable bonds is 2. The first-order valence-electron chi connectivity index (χ1n) is 6.06. The molecule has 0 saturated heterocycles. The van der Waals surface area contributed by atoms with Crippen molar-refractivity contribution >= 4 is 11.7 Å². The van der Waals surface area contributed by atoms with Gasteiger partial charge in [0.2, 0.25) is 0 Å². The first-order valence-corrected chi connectivity index (χ1v) is 6.06. The monoisotopic (exact) mass is 258 g/mol. The average molecular weight is 258 g/mol. The summed E-state index contributed by atoms with van der Waals surface area (Å²) in [5.41, 5.74) is 1.41. The first kappa shape index (κ1) is 11.7. The molecule has 0 spiro atoms. The van der Waals surface area contributed by atoms with E-state index < -0.39 is 6.23 Å². The molecule has 1 amide bonds. The maximum absolute atomic E-state index is 11.8. The number of aliphatic hydroxyl groups is 1. The summed E-state index contributed by atoms with van der Waals surface area (Å²) in [5, 5.41) is 15.2. The van der Waals surface area contributed by atoms with Crippen molar-refractivity contribution in [1.82, 2.24) is 14.9 Å². The number of benzene rings is 1. The van der Waals surface area contributed by atoms with Crippen LogP contribution in [0.15, 0.2) is 36.7 Å². The second-order valence-corrected chi connectivity index (χ2v) is 4.43. The second-order valence-electron chi connectivity index (χ2n) is 4.43. The van der Waals surface area contributed by atoms with Crippen molar-refractivity contribution in [2.24, 2.45) is 0 Å². The smallest absolute Gasteiger partial charge is 0.273 e. The van der Waals surface area contributed by atoms with Crippen molar-refractivity contribution < 1.29 is 9.90 Å². The summed E-state index contributed by atoms with van der Waals surface area (Å²) in [5.74, 6) is 0.275. The fraction of sp³-hybridized carbons (Fsp3) is 0.231. The fourth-order valence-corrected chi connectivity index (χ4v) is 2.08. The van der Waals surface area contributed by atoms with Crippen molar-refractivity contribution in [1.29, 1.82) is 0 Å². The molecule has 6 nitrogen and oxygen atoms in total. The molecule has 3 N–H and O–H groups in total. The first-order chi connectivity index (χ1) is 9.24. The Labute approximate surface area is 110 Å². The van der Waals surface area contributed by atoms with Crippen LogP contribution >= 0.6 is 0 Å². The van der Waals surface area contributed by atoms with E-state index in [0.717, 1.165) is 5.56 Å². The predicted octanol–water partition coefficient (Wildman–Crippen LogP) is 0.405. The third-order valence-corrected chi connectivity index (χ3v) is 3.01. The van der Waals surface area contributed by atoms with Crippen LogP contribution in [0.4, 0.5) is 5.82 Å². The van der Waals surface area contributed by atoms with Crippen molar-refractivity contribution in [3.63, 3.8) is 0 Å². The van der Waals surface area contributed by atoms with E-state index in [0.29, 0.717) is 18.1 Å². The number of β-amino-alcohol motifs (C(OH)–C–C–N with tert-alkyl or cyclic N) is 1. The van der Waals surface area contributed by atoms with Crippen LogP contribution in [0.1, 0.15) is 16.1 Å². The molecule has 2 aromatic rings. The molecule has 1 aromatic heterocycles. The molecule has 98 valence electrons. The number of nitrogens with one attached hydrogen (secondary N) is 2. The molecule has 1 atom stereocenters. The van der Waals surface area contributed by atoms with E-state index in [4.69, 9.17) is 0 Å². The minimum Gasteiger partial charge on any atom is -0.372 e. The van der Waals surface area contributed by atoms with Gasteiger partial charge in [-0.1, -0.05) is 30.3 Å². The summed E-state index contributed by atoms with van der Waals surface area (Å²) in [4.78, 5) is 15.9. The van der Waals surface area contributed by atoms with Gasteiger partial charge in [0.05, 0.1) is 19.4 Å². The molecule has 0 radical (unpaired) electrons. The van der Waals surface area contributed by atoms with Crippen molar-refractivity contribution in [3.05, 3.63) is 47.9 Å². The van der Waals surface area contributed by atoms with Gasteiger partial charge in [-0.05, 0) is 5.56 Å². The maximum Gasteiger partial charge on any atom is 0.273 e. The van der Waals surface area contributed by atoms with Gasteiger partial charge in [-0.15, -0.1) is 0 Å². The summed E-state index contributed by atoms with van der Waals surface area (Å²) >= 11 is 0. The van der Waals surface area contributed by atoms with Crippen LogP contribution in [0.3, 0.4) is 0 Å². The molecule has 3 rings (SSSR count). The number of hydrogen-bond donors (Lipinski definition) is 3. The van der Waals surface area contributed by atoms with Gasteiger partial charge in [-0.25, -0.2) is 4.98 Å². The Hall–Kier alpha value is -2.34. The number of amides is 1. The molecular weight excluding hydrogens is 244 g/mol. The zero-order valence-electron chi connectivity index (χ0n) is 10.2. The Morgan fingerprint density at radius 3 is 2.95 bits per heavy atom. The van der Waals surface area contributed by atoms with E-state index in [-0.39, 0.29) is 12.5 Å². The van der Waals surface area contributed by atoms with Crippen LogP contribution in [-0.2, 0) is 6.54 Å². The molecule has 0 aliphatic carbocycles. The number of aliphatic hydroxyl groups excluding tert-OH is 1. The van der Waals surface area contributed by atoms with Gasteiger partial charge in [-0.2, -0.15) is 0 Å². The topological polar surface area (TPSA) is 79.2 Å². The molecule has 1 aliphatic rings. The summed E-state index contributed by atoms with van der Waals surface area (Å²) in [6.07, 6.45) is 0.791. The molecule has 1 aliphatic heterocycles. The summed E-state index contributed by atoms with van der Waals surface area (Å²) in [7, 11) is 0.